The van der Waals surface area contributed by atoms with Crippen LogP contribution in [0.2, 0.25) is 0 Å². The smallest absolute Gasteiger partial charge is 0.246 e. The summed E-state index contributed by atoms with van der Waals surface area (Å²) >= 11 is 0. The zero-order valence-corrected chi connectivity index (χ0v) is 14.6. The lowest BCUT2D eigenvalue weighted by atomic mass is 9.96. The van der Waals surface area contributed by atoms with Crippen LogP contribution in [0.3, 0.4) is 0 Å². The van der Waals surface area contributed by atoms with Gasteiger partial charge in [0.25, 0.3) is 0 Å². The predicted molar refractivity (Wildman–Crippen MR) is 96.8 cm³/mol. The molecule has 0 aliphatic carbocycles. The van der Waals surface area contributed by atoms with E-state index in [1.54, 1.807) is 0 Å². The highest BCUT2D eigenvalue weighted by Crippen LogP contribution is 2.15. The number of nitrogens with two attached hydrogens (primary N) is 1. The highest BCUT2D eigenvalue weighted by Gasteiger charge is 2.20. The van der Waals surface area contributed by atoms with E-state index in [9.17, 15) is 9.59 Å². The van der Waals surface area contributed by atoms with Crippen LogP contribution in [0.4, 0.5) is 0 Å². The summed E-state index contributed by atoms with van der Waals surface area (Å²) in [4.78, 5) is 23.8. The van der Waals surface area contributed by atoms with Gasteiger partial charge in [-0.15, -0.1) is 0 Å². The van der Waals surface area contributed by atoms with Gasteiger partial charge < -0.3 is 15.8 Å². The minimum absolute atomic E-state index is 0.120. The molecule has 0 aliphatic heterocycles. The average Bonchev–Trinajstić information content (AvgIpc) is 2.58. The minimum Gasteiger partial charge on any atom is -0.368 e. The zero-order chi connectivity index (χ0) is 18.2. The molecule has 132 valence electrons. The second kappa shape index (κ2) is 8.99. The monoisotopic (exact) mass is 340 g/mol. The first-order chi connectivity index (χ1) is 12.0. The summed E-state index contributed by atoms with van der Waals surface area (Å²) in [5.41, 5.74) is 9.61. The van der Waals surface area contributed by atoms with Gasteiger partial charge in [-0.3, -0.25) is 9.59 Å². The van der Waals surface area contributed by atoms with Crippen molar-refractivity contribution < 1.29 is 14.3 Å². The highest BCUT2D eigenvalue weighted by molar-refractivity contribution is 5.87. The first kappa shape index (κ1) is 18.7. The molecule has 0 aromatic heterocycles. The lowest BCUT2D eigenvalue weighted by Gasteiger charge is -2.18. The molecular formula is C20H24N2O3. The second-order valence-electron chi connectivity index (χ2n) is 6.08. The van der Waals surface area contributed by atoms with Gasteiger partial charge in [0.2, 0.25) is 11.8 Å². The maximum atomic E-state index is 12.1. The van der Waals surface area contributed by atoms with Crippen molar-refractivity contribution in [2.45, 2.75) is 32.9 Å². The molecule has 2 aromatic rings. The SMILES string of the molecule is Cc1cccc(C)c1C[C@H](NC(=O)COCc1ccccc1)C(N)=O. The maximum absolute atomic E-state index is 12.1. The first-order valence-electron chi connectivity index (χ1n) is 8.23. The molecule has 25 heavy (non-hydrogen) atoms. The minimum atomic E-state index is -0.757. The quantitative estimate of drug-likeness (QED) is 0.771. The normalized spacial score (nSPS) is 11.8. The molecule has 1 atom stereocenters. The molecule has 0 heterocycles. The lowest BCUT2D eigenvalue weighted by Crippen LogP contribution is -2.47. The van der Waals surface area contributed by atoms with E-state index < -0.39 is 11.9 Å². The van der Waals surface area contributed by atoms with Crippen molar-refractivity contribution in [2.75, 3.05) is 6.61 Å². The maximum Gasteiger partial charge on any atom is 0.246 e. The number of carbonyl (C=O) groups is 2. The number of ether oxygens (including phenoxy) is 1. The molecule has 0 radical (unpaired) electrons. The van der Waals surface area contributed by atoms with Gasteiger partial charge in [0.15, 0.2) is 0 Å². The number of primary amides is 1. The Labute approximate surface area is 148 Å². The Morgan fingerprint density at radius 1 is 1.04 bits per heavy atom. The number of amides is 2. The van der Waals surface area contributed by atoms with E-state index >= 15 is 0 Å². The van der Waals surface area contributed by atoms with Gasteiger partial charge in [-0.25, -0.2) is 0 Å². The molecule has 3 N–H and O–H groups in total. The Kier molecular flexibility index (Phi) is 6.71. The molecule has 0 fully saturated rings. The summed E-state index contributed by atoms with van der Waals surface area (Å²) in [6.45, 7) is 4.17. The van der Waals surface area contributed by atoms with E-state index in [2.05, 4.69) is 5.32 Å². The van der Waals surface area contributed by atoms with Crippen LogP contribution >= 0.6 is 0 Å². The van der Waals surface area contributed by atoms with Crippen LogP contribution in [0.25, 0.3) is 0 Å². The standard InChI is InChI=1S/C20H24N2O3/c1-14-7-6-8-15(2)17(14)11-18(20(21)24)22-19(23)13-25-12-16-9-4-3-5-10-16/h3-10,18H,11-13H2,1-2H3,(H2,21,24)(H,22,23)/t18-/m0/s1. The van der Waals surface area contributed by atoms with E-state index in [1.807, 2.05) is 62.4 Å². The fourth-order valence-corrected chi connectivity index (χ4v) is 2.67. The van der Waals surface area contributed by atoms with E-state index in [0.29, 0.717) is 13.0 Å². The molecule has 2 rings (SSSR count). The number of benzene rings is 2. The van der Waals surface area contributed by atoms with Crippen LogP contribution < -0.4 is 11.1 Å². The topological polar surface area (TPSA) is 81.4 Å². The summed E-state index contributed by atoms with van der Waals surface area (Å²) in [6.07, 6.45) is 0.373. The summed E-state index contributed by atoms with van der Waals surface area (Å²) in [7, 11) is 0. The Bertz CT molecular complexity index is 709. The van der Waals surface area contributed by atoms with Gasteiger partial charge in [-0.05, 0) is 36.1 Å². The molecule has 0 aliphatic rings. The molecule has 0 unspecified atom stereocenters. The third kappa shape index (κ3) is 5.72. The van der Waals surface area contributed by atoms with Crippen LogP contribution in [0.1, 0.15) is 22.3 Å². The number of carbonyl (C=O) groups excluding carboxylic acids is 2. The number of hydrogen-bond donors (Lipinski definition) is 2. The average molecular weight is 340 g/mol. The van der Waals surface area contributed by atoms with E-state index in [4.69, 9.17) is 10.5 Å². The third-order valence-electron chi connectivity index (χ3n) is 4.08. The number of rotatable bonds is 8. The molecule has 2 aromatic carbocycles. The van der Waals surface area contributed by atoms with Gasteiger partial charge in [0, 0.05) is 6.42 Å². The van der Waals surface area contributed by atoms with Gasteiger partial charge in [0.1, 0.15) is 12.6 Å². The molecule has 0 spiro atoms. The molecule has 2 amide bonds. The van der Waals surface area contributed by atoms with Crippen molar-refractivity contribution in [1.82, 2.24) is 5.32 Å². The molecule has 0 saturated heterocycles. The van der Waals surface area contributed by atoms with Crippen LogP contribution in [0.15, 0.2) is 48.5 Å². The van der Waals surface area contributed by atoms with Crippen molar-refractivity contribution >= 4 is 11.8 Å². The van der Waals surface area contributed by atoms with Crippen molar-refractivity contribution in [3.63, 3.8) is 0 Å². The Hall–Kier alpha value is -2.66. The summed E-state index contributed by atoms with van der Waals surface area (Å²) in [5.74, 6) is -0.912. The Morgan fingerprint density at radius 3 is 2.28 bits per heavy atom. The molecule has 0 bridgehead atoms. The Balaban J connectivity index is 1.90. The van der Waals surface area contributed by atoms with Gasteiger partial charge >= 0.3 is 0 Å². The van der Waals surface area contributed by atoms with Crippen molar-refractivity contribution in [3.05, 3.63) is 70.8 Å². The predicted octanol–water partition coefficient (Wildman–Crippen LogP) is 2.03. The molecule has 5 heteroatoms. The number of hydrogen-bond acceptors (Lipinski definition) is 3. The zero-order valence-electron chi connectivity index (χ0n) is 14.6. The van der Waals surface area contributed by atoms with Crippen molar-refractivity contribution in [2.24, 2.45) is 5.73 Å². The number of nitrogens with one attached hydrogen (secondary N) is 1. The van der Waals surface area contributed by atoms with Gasteiger partial charge in [-0.1, -0.05) is 48.5 Å². The summed E-state index contributed by atoms with van der Waals surface area (Å²) in [5, 5.41) is 2.67. The largest absolute Gasteiger partial charge is 0.368 e. The van der Waals surface area contributed by atoms with Gasteiger partial charge in [-0.2, -0.15) is 0 Å². The second-order valence-corrected chi connectivity index (χ2v) is 6.08. The summed E-state index contributed by atoms with van der Waals surface area (Å²) < 4.78 is 5.40. The number of aryl methyl sites for hydroxylation is 2. The van der Waals surface area contributed by atoms with E-state index in [1.165, 1.54) is 0 Å². The fraction of sp³-hybridized carbons (Fsp3) is 0.300. The third-order valence-corrected chi connectivity index (χ3v) is 4.08. The fourth-order valence-electron chi connectivity index (χ4n) is 2.67. The Morgan fingerprint density at radius 2 is 1.68 bits per heavy atom. The first-order valence-corrected chi connectivity index (χ1v) is 8.23. The highest BCUT2D eigenvalue weighted by atomic mass is 16.5. The molecule has 5 nitrogen and oxygen atoms in total. The molecular weight excluding hydrogens is 316 g/mol. The van der Waals surface area contributed by atoms with E-state index in [-0.39, 0.29) is 12.5 Å². The lowest BCUT2D eigenvalue weighted by molar-refractivity contribution is -0.130. The van der Waals surface area contributed by atoms with Crippen LogP contribution in [-0.2, 0) is 27.4 Å². The van der Waals surface area contributed by atoms with Crippen LogP contribution in [0, 0.1) is 13.8 Å². The van der Waals surface area contributed by atoms with E-state index in [0.717, 1.165) is 22.3 Å². The summed E-state index contributed by atoms with van der Waals surface area (Å²) in [6, 6.07) is 14.7. The van der Waals surface area contributed by atoms with Crippen molar-refractivity contribution in [1.29, 1.82) is 0 Å². The van der Waals surface area contributed by atoms with Gasteiger partial charge in [0.05, 0.1) is 6.61 Å². The van der Waals surface area contributed by atoms with Crippen LogP contribution in [-0.4, -0.2) is 24.5 Å². The van der Waals surface area contributed by atoms with Crippen molar-refractivity contribution in [3.8, 4) is 0 Å². The van der Waals surface area contributed by atoms with Crippen LogP contribution in [0.5, 0.6) is 0 Å². The molecule has 0 saturated carbocycles.